The zero-order chi connectivity index (χ0) is 31.9. The number of aromatic nitrogens is 4. The third kappa shape index (κ3) is 5.31. The van der Waals surface area contributed by atoms with E-state index < -0.39 is 0 Å². The first-order valence-electron chi connectivity index (χ1n) is 16.4. The Kier molecular flexibility index (Phi) is 7.60. The van der Waals surface area contributed by atoms with E-state index in [9.17, 15) is 0 Å². The molecule has 1 fully saturated rings. The van der Waals surface area contributed by atoms with Gasteiger partial charge in [-0.05, 0) is 83.2 Å². The lowest BCUT2D eigenvalue weighted by Crippen LogP contribution is -2.02. The van der Waals surface area contributed by atoms with Gasteiger partial charge in [-0.25, -0.2) is 9.97 Å². The molecular weight excluding hydrogens is 625 g/mol. The van der Waals surface area contributed by atoms with E-state index >= 15 is 0 Å². The van der Waals surface area contributed by atoms with Gasteiger partial charge in [0.15, 0.2) is 0 Å². The predicted molar refractivity (Wildman–Crippen MR) is 207 cm³/mol. The molecule has 0 atom stereocenters. The fourth-order valence-corrected chi connectivity index (χ4v) is 9.88. The summed E-state index contributed by atoms with van der Waals surface area (Å²) in [6.07, 6.45) is 9.94. The van der Waals surface area contributed by atoms with Crippen LogP contribution in [0.4, 0.5) is 0 Å². The van der Waals surface area contributed by atoms with Crippen LogP contribution in [0.2, 0.25) is 0 Å². The molecule has 0 aliphatic carbocycles. The van der Waals surface area contributed by atoms with Crippen LogP contribution in [-0.2, 0) is 0 Å². The molecule has 0 amide bonds. The Bertz CT molecular complexity index is 2330. The minimum Gasteiger partial charge on any atom is -0.355 e. The number of rotatable bonds is 4. The third-order valence-corrected chi connectivity index (χ3v) is 12.0. The van der Waals surface area contributed by atoms with E-state index in [0.717, 1.165) is 89.7 Å². The smallest absolute Gasteiger partial charge is 0.0792 e. The number of hydrogen-bond donors (Lipinski definition) is 2. The molecular formula is C42H32N4S2. The molecule has 0 saturated carbocycles. The van der Waals surface area contributed by atoms with Crippen LogP contribution in [-0.4, -0.2) is 31.4 Å². The van der Waals surface area contributed by atoms with E-state index in [-0.39, 0.29) is 4.58 Å². The number of thioether (sulfide) groups is 2. The van der Waals surface area contributed by atoms with Crippen molar-refractivity contribution in [2.75, 3.05) is 11.5 Å². The summed E-state index contributed by atoms with van der Waals surface area (Å²) in [5, 5.41) is 0. The molecule has 6 heteroatoms. The summed E-state index contributed by atoms with van der Waals surface area (Å²) in [4.78, 5) is 18.5. The van der Waals surface area contributed by atoms with E-state index in [1.807, 2.05) is 23.5 Å². The highest BCUT2D eigenvalue weighted by Gasteiger charge is 2.24. The number of nitrogens with one attached hydrogen (secondary N) is 2. The van der Waals surface area contributed by atoms with Gasteiger partial charge in [0, 0.05) is 44.3 Å². The molecule has 6 aromatic rings. The predicted octanol–water partition coefficient (Wildman–Crippen LogP) is 11.5. The van der Waals surface area contributed by atoms with Crippen molar-refractivity contribution in [3.05, 3.63) is 144 Å². The number of H-pyrrole nitrogens is 2. The summed E-state index contributed by atoms with van der Waals surface area (Å²) >= 11 is 4.05. The summed E-state index contributed by atoms with van der Waals surface area (Å²) < 4.78 is 0.288. The fraction of sp³-hybridized carbons (Fsp3) is 0.0952. The molecule has 9 rings (SSSR count). The molecule has 2 N–H and O–H groups in total. The van der Waals surface area contributed by atoms with Gasteiger partial charge in [0.25, 0.3) is 0 Å². The van der Waals surface area contributed by atoms with Crippen molar-refractivity contribution in [2.24, 2.45) is 0 Å². The third-order valence-electron chi connectivity index (χ3n) is 9.04. The zero-order valence-corrected chi connectivity index (χ0v) is 27.8. The zero-order valence-electron chi connectivity index (χ0n) is 26.2. The van der Waals surface area contributed by atoms with E-state index in [2.05, 4.69) is 150 Å². The van der Waals surface area contributed by atoms with Crippen molar-refractivity contribution in [2.45, 2.75) is 11.0 Å². The van der Waals surface area contributed by atoms with Crippen LogP contribution in [0.5, 0.6) is 0 Å². The van der Waals surface area contributed by atoms with Gasteiger partial charge >= 0.3 is 0 Å². The van der Waals surface area contributed by atoms with Crippen LogP contribution in [0.15, 0.2) is 115 Å². The highest BCUT2D eigenvalue weighted by molar-refractivity contribution is 8.16. The molecule has 0 unspecified atom stereocenters. The molecule has 3 aliphatic rings. The fourth-order valence-electron chi connectivity index (χ4n) is 6.86. The van der Waals surface area contributed by atoms with Crippen LogP contribution in [0, 0.1) is 0 Å². The van der Waals surface area contributed by atoms with Crippen molar-refractivity contribution in [3.8, 4) is 33.4 Å². The molecule has 4 nitrogen and oxygen atoms in total. The summed E-state index contributed by atoms with van der Waals surface area (Å²) in [7, 11) is 0. The Labute approximate surface area is 288 Å². The van der Waals surface area contributed by atoms with Crippen LogP contribution in [0.1, 0.15) is 39.3 Å². The number of hydrogen-bond acceptors (Lipinski definition) is 4. The largest absolute Gasteiger partial charge is 0.355 e. The quantitative estimate of drug-likeness (QED) is 0.198. The van der Waals surface area contributed by atoms with E-state index in [1.165, 1.54) is 12.0 Å². The molecule has 48 heavy (non-hydrogen) atoms. The molecule has 232 valence electrons. The van der Waals surface area contributed by atoms with Gasteiger partial charge in [-0.15, -0.1) is 23.5 Å². The molecule has 6 heterocycles. The monoisotopic (exact) mass is 656 g/mol. The van der Waals surface area contributed by atoms with Gasteiger partial charge in [-0.3, -0.25) is 0 Å². The summed E-state index contributed by atoms with van der Waals surface area (Å²) in [5.41, 5.74) is 15.8. The minimum absolute atomic E-state index is 0.288. The van der Waals surface area contributed by atoms with Gasteiger partial charge in [0.05, 0.1) is 27.4 Å². The SMILES string of the molecule is C1=Cc2nc1c(-c1ccccc1)c1ccc([nH]1)c(-c1ccccc1)c1nc(c(C3SCCCS3)c3ccc([nH]3)c2-c2ccccc2)C=C1. The van der Waals surface area contributed by atoms with Crippen molar-refractivity contribution < 1.29 is 0 Å². The van der Waals surface area contributed by atoms with Crippen molar-refractivity contribution in [1.82, 2.24) is 19.9 Å². The van der Waals surface area contributed by atoms with Crippen molar-refractivity contribution >= 4 is 69.9 Å². The lowest BCUT2D eigenvalue weighted by Gasteiger charge is -2.21. The molecule has 1 saturated heterocycles. The molecule has 3 aliphatic heterocycles. The second kappa shape index (κ2) is 12.5. The Balaban J connectivity index is 1.46. The maximum Gasteiger partial charge on any atom is 0.0792 e. The Hall–Kier alpha value is -5.04. The standard InChI is InChI=1S/C42H32N4S2/c1-4-11-27(12-5-1)38-30-17-19-32(43-30)39(28-13-6-2-7-14-28)34-21-23-36(45-34)41(42-47-25-10-26-48-42)37-24-22-35(46-37)40(29-15-8-3-9-16-29)33-20-18-31(38)44-33/h1-9,11-24,42-43,46H,10,25-26H2. The molecule has 3 aromatic heterocycles. The molecule has 0 radical (unpaired) electrons. The minimum atomic E-state index is 0.288. The highest BCUT2D eigenvalue weighted by Crippen LogP contribution is 2.47. The maximum absolute atomic E-state index is 5.42. The average Bonchev–Trinajstić information content (AvgIpc) is 3.98. The summed E-state index contributed by atoms with van der Waals surface area (Å²) in [5.74, 6) is 2.30. The van der Waals surface area contributed by atoms with E-state index in [0.29, 0.717) is 0 Å². The van der Waals surface area contributed by atoms with Gasteiger partial charge in [-0.2, -0.15) is 0 Å². The van der Waals surface area contributed by atoms with Crippen molar-refractivity contribution in [3.63, 3.8) is 0 Å². The highest BCUT2D eigenvalue weighted by atomic mass is 32.2. The van der Waals surface area contributed by atoms with Gasteiger partial charge in [0.2, 0.25) is 0 Å². The second-order valence-electron chi connectivity index (χ2n) is 12.1. The average molecular weight is 657 g/mol. The van der Waals surface area contributed by atoms with Crippen LogP contribution in [0.3, 0.4) is 0 Å². The van der Waals surface area contributed by atoms with Crippen molar-refractivity contribution in [1.29, 1.82) is 0 Å². The lowest BCUT2D eigenvalue weighted by molar-refractivity contribution is 1.09. The first-order valence-corrected chi connectivity index (χ1v) is 18.5. The van der Waals surface area contributed by atoms with Crippen LogP contribution in [0.25, 0.3) is 79.8 Å². The van der Waals surface area contributed by atoms with Crippen LogP contribution < -0.4 is 0 Å². The first kappa shape index (κ1) is 29.1. The van der Waals surface area contributed by atoms with E-state index in [4.69, 9.17) is 9.97 Å². The number of nitrogens with zero attached hydrogens (tertiary/aromatic N) is 2. The van der Waals surface area contributed by atoms with Gasteiger partial charge < -0.3 is 9.97 Å². The first-order chi connectivity index (χ1) is 23.8. The number of fused-ring (bicyclic) bond motifs is 8. The van der Waals surface area contributed by atoms with Gasteiger partial charge in [-0.1, -0.05) is 91.0 Å². The number of benzene rings is 3. The summed E-state index contributed by atoms with van der Waals surface area (Å²) in [6.45, 7) is 0. The lowest BCUT2D eigenvalue weighted by atomic mass is 10.0. The van der Waals surface area contributed by atoms with E-state index in [1.54, 1.807) is 0 Å². The summed E-state index contributed by atoms with van der Waals surface area (Å²) in [6, 6.07) is 40.6. The molecule has 0 spiro atoms. The normalized spacial score (nSPS) is 14.4. The Morgan fingerprint density at radius 1 is 0.438 bits per heavy atom. The molecule has 3 aromatic carbocycles. The Morgan fingerprint density at radius 2 is 0.812 bits per heavy atom. The van der Waals surface area contributed by atoms with Crippen LogP contribution >= 0.6 is 23.5 Å². The Morgan fingerprint density at radius 3 is 1.27 bits per heavy atom. The topological polar surface area (TPSA) is 57.4 Å². The van der Waals surface area contributed by atoms with Gasteiger partial charge in [0.1, 0.15) is 0 Å². The molecule has 8 bridgehead atoms. The second-order valence-corrected chi connectivity index (χ2v) is 14.8. The number of aromatic amines is 2. The maximum atomic E-state index is 5.42.